The maximum absolute atomic E-state index is 12.3. The van der Waals surface area contributed by atoms with Crippen LogP contribution in [0.4, 0.5) is 0 Å². The average Bonchev–Trinajstić information content (AvgIpc) is 2.60. The number of ketones is 1. The van der Waals surface area contributed by atoms with Crippen molar-refractivity contribution < 1.29 is 4.79 Å². The third-order valence-electron chi connectivity index (χ3n) is 3.56. The second-order valence-corrected chi connectivity index (χ2v) is 7.21. The van der Waals surface area contributed by atoms with Crippen molar-refractivity contribution in [2.75, 3.05) is 5.75 Å². The summed E-state index contributed by atoms with van der Waals surface area (Å²) >= 11 is 4.86. The van der Waals surface area contributed by atoms with Crippen LogP contribution in [0.5, 0.6) is 0 Å². The first-order valence-corrected chi connectivity index (χ1v) is 9.22. The third kappa shape index (κ3) is 4.10. The zero-order chi connectivity index (χ0) is 16.9. The zero-order valence-electron chi connectivity index (χ0n) is 13.1. The van der Waals surface area contributed by atoms with E-state index >= 15 is 0 Å². The zero-order valence-corrected chi connectivity index (χ0v) is 15.5. The van der Waals surface area contributed by atoms with Crippen LogP contribution in [0.3, 0.4) is 0 Å². The minimum Gasteiger partial charge on any atom is -0.293 e. The molecule has 0 fully saturated rings. The largest absolute Gasteiger partial charge is 0.293 e. The second kappa shape index (κ2) is 7.73. The summed E-state index contributed by atoms with van der Waals surface area (Å²) < 4.78 is 1.00. The Morgan fingerprint density at radius 1 is 1.04 bits per heavy atom. The Labute approximate surface area is 153 Å². The van der Waals surface area contributed by atoms with Crippen molar-refractivity contribution in [2.24, 2.45) is 0 Å². The SMILES string of the molecule is Cc1ccccc1C(=O)CSc1ccc(-c2cccc(Br)c2)nn1. The molecular weight excluding hydrogens is 384 g/mol. The lowest BCUT2D eigenvalue weighted by Crippen LogP contribution is -2.04. The molecule has 0 amide bonds. The smallest absolute Gasteiger partial charge is 0.173 e. The molecule has 3 nitrogen and oxygen atoms in total. The van der Waals surface area contributed by atoms with Gasteiger partial charge in [-0.15, -0.1) is 10.2 Å². The standard InChI is InChI=1S/C19H15BrN2OS/c1-13-5-2-3-8-16(13)18(23)12-24-19-10-9-17(21-22-19)14-6-4-7-15(20)11-14/h2-11H,12H2,1H3. The van der Waals surface area contributed by atoms with Crippen LogP contribution in [-0.4, -0.2) is 21.7 Å². The van der Waals surface area contributed by atoms with E-state index in [9.17, 15) is 4.79 Å². The Kier molecular flexibility index (Phi) is 5.43. The predicted molar refractivity (Wildman–Crippen MR) is 101 cm³/mol. The molecule has 0 saturated heterocycles. The number of carbonyl (C=O) groups excluding carboxylic acids is 1. The lowest BCUT2D eigenvalue weighted by Gasteiger charge is -2.05. The van der Waals surface area contributed by atoms with Crippen molar-refractivity contribution in [3.05, 3.63) is 76.3 Å². The van der Waals surface area contributed by atoms with Gasteiger partial charge in [0.25, 0.3) is 0 Å². The first-order chi connectivity index (χ1) is 11.6. The number of aryl methyl sites for hydroxylation is 1. The van der Waals surface area contributed by atoms with Crippen LogP contribution < -0.4 is 0 Å². The van der Waals surface area contributed by atoms with E-state index < -0.39 is 0 Å². The summed E-state index contributed by atoms with van der Waals surface area (Å²) in [6.07, 6.45) is 0. The van der Waals surface area contributed by atoms with Crippen molar-refractivity contribution >= 4 is 33.5 Å². The van der Waals surface area contributed by atoms with Crippen LogP contribution in [-0.2, 0) is 0 Å². The fraction of sp³-hybridized carbons (Fsp3) is 0.105. The van der Waals surface area contributed by atoms with Gasteiger partial charge < -0.3 is 0 Å². The van der Waals surface area contributed by atoms with Crippen LogP contribution >= 0.6 is 27.7 Å². The predicted octanol–water partition coefficient (Wildman–Crippen LogP) is 5.19. The number of aromatic nitrogens is 2. The minimum absolute atomic E-state index is 0.107. The molecule has 0 aliphatic heterocycles. The molecule has 0 aliphatic rings. The van der Waals surface area contributed by atoms with Gasteiger partial charge in [-0.2, -0.15) is 0 Å². The highest BCUT2D eigenvalue weighted by Gasteiger charge is 2.10. The van der Waals surface area contributed by atoms with Crippen LogP contribution in [0.2, 0.25) is 0 Å². The maximum atomic E-state index is 12.3. The number of halogens is 1. The summed E-state index contributed by atoms with van der Waals surface area (Å²) in [6.45, 7) is 1.95. The molecule has 0 N–H and O–H groups in total. The van der Waals surface area contributed by atoms with Crippen LogP contribution in [0.1, 0.15) is 15.9 Å². The van der Waals surface area contributed by atoms with Crippen molar-refractivity contribution in [1.82, 2.24) is 10.2 Å². The van der Waals surface area contributed by atoms with Gasteiger partial charge in [0.1, 0.15) is 5.03 Å². The number of benzene rings is 2. The summed E-state index contributed by atoms with van der Waals surface area (Å²) in [5.74, 6) is 0.464. The quantitative estimate of drug-likeness (QED) is 0.438. The fourth-order valence-corrected chi connectivity index (χ4v) is 3.40. The molecule has 2 aromatic carbocycles. The van der Waals surface area contributed by atoms with Crippen molar-refractivity contribution in [1.29, 1.82) is 0 Å². The molecule has 0 spiro atoms. The van der Waals surface area contributed by atoms with Gasteiger partial charge in [0.2, 0.25) is 0 Å². The highest BCUT2D eigenvalue weighted by Crippen LogP contribution is 2.23. The number of Topliss-reactive ketones (excluding diaryl/α,β-unsaturated/α-hetero) is 1. The molecule has 0 aliphatic carbocycles. The molecule has 3 aromatic rings. The molecule has 120 valence electrons. The normalized spacial score (nSPS) is 10.6. The number of carbonyl (C=O) groups is 1. The molecule has 1 heterocycles. The van der Waals surface area contributed by atoms with Gasteiger partial charge in [-0.1, -0.05) is 64.1 Å². The van der Waals surface area contributed by atoms with E-state index in [-0.39, 0.29) is 5.78 Å². The minimum atomic E-state index is 0.107. The maximum Gasteiger partial charge on any atom is 0.173 e. The molecule has 24 heavy (non-hydrogen) atoms. The lowest BCUT2D eigenvalue weighted by molar-refractivity contribution is 0.102. The Bertz CT molecular complexity index is 865. The molecule has 0 saturated carbocycles. The van der Waals surface area contributed by atoms with E-state index in [4.69, 9.17) is 0 Å². The van der Waals surface area contributed by atoms with E-state index in [1.807, 2.05) is 67.6 Å². The van der Waals surface area contributed by atoms with E-state index in [0.29, 0.717) is 5.75 Å². The number of rotatable bonds is 5. The third-order valence-corrected chi connectivity index (χ3v) is 4.97. The van der Waals surface area contributed by atoms with Gasteiger partial charge >= 0.3 is 0 Å². The molecular formula is C19H15BrN2OS. The monoisotopic (exact) mass is 398 g/mol. The lowest BCUT2D eigenvalue weighted by atomic mass is 10.1. The van der Waals surface area contributed by atoms with Gasteiger partial charge in [0, 0.05) is 15.6 Å². The highest BCUT2D eigenvalue weighted by atomic mass is 79.9. The highest BCUT2D eigenvalue weighted by molar-refractivity contribution is 9.10. The van der Waals surface area contributed by atoms with Crippen molar-refractivity contribution in [2.45, 2.75) is 11.9 Å². The summed E-state index contributed by atoms with van der Waals surface area (Å²) in [5, 5.41) is 9.22. The summed E-state index contributed by atoms with van der Waals surface area (Å²) in [4.78, 5) is 12.3. The van der Waals surface area contributed by atoms with Gasteiger partial charge in [0.15, 0.2) is 5.78 Å². The first-order valence-electron chi connectivity index (χ1n) is 7.45. The molecule has 0 unspecified atom stereocenters. The topological polar surface area (TPSA) is 42.9 Å². The summed E-state index contributed by atoms with van der Waals surface area (Å²) in [6, 6.07) is 19.4. The Hall–Kier alpha value is -1.98. The number of thioether (sulfide) groups is 1. The Morgan fingerprint density at radius 3 is 2.58 bits per heavy atom. The van der Waals surface area contributed by atoms with Gasteiger partial charge in [-0.3, -0.25) is 4.79 Å². The number of nitrogens with zero attached hydrogens (tertiary/aromatic N) is 2. The fourth-order valence-electron chi connectivity index (χ4n) is 2.30. The molecule has 5 heteroatoms. The molecule has 3 rings (SSSR count). The second-order valence-electron chi connectivity index (χ2n) is 5.29. The van der Waals surface area contributed by atoms with Crippen LogP contribution in [0.25, 0.3) is 11.3 Å². The molecule has 0 bridgehead atoms. The first kappa shape index (κ1) is 16.9. The average molecular weight is 399 g/mol. The summed E-state index contributed by atoms with van der Waals surface area (Å²) in [7, 11) is 0. The Balaban J connectivity index is 1.67. The van der Waals surface area contributed by atoms with Gasteiger partial charge in [-0.25, -0.2) is 0 Å². The van der Waals surface area contributed by atoms with Crippen molar-refractivity contribution in [3.8, 4) is 11.3 Å². The van der Waals surface area contributed by atoms with Crippen LogP contribution in [0, 0.1) is 6.92 Å². The molecule has 0 radical (unpaired) electrons. The van der Waals surface area contributed by atoms with E-state index in [1.165, 1.54) is 11.8 Å². The van der Waals surface area contributed by atoms with Crippen LogP contribution in [0.15, 0.2) is 70.2 Å². The van der Waals surface area contributed by atoms with Crippen molar-refractivity contribution in [3.63, 3.8) is 0 Å². The van der Waals surface area contributed by atoms with E-state index in [0.717, 1.165) is 31.9 Å². The Morgan fingerprint density at radius 2 is 1.88 bits per heavy atom. The van der Waals surface area contributed by atoms with E-state index in [1.54, 1.807) is 0 Å². The molecule has 0 atom stereocenters. The number of hydrogen-bond acceptors (Lipinski definition) is 4. The number of hydrogen-bond donors (Lipinski definition) is 0. The molecule has 1 aromatic heterocycles. The van der Waals surface area contributed by atoms with Gasteiger partial charge in [-0.05, 0) is 36.8 Å². The van der Waals surface area contributed by atoms with Gasteiger partial charge in [0.05, 0.1) is 11.4 Å². The summed E-state index contributed by atoms with van der Waals surface area (Å²) in [5.41, 5.74) is 3.58. The van der Waals surface area contributed by atoms with E-state index in [2.05, 4.69) is 26.1 Å².